The highest BCUT2D eigenvalue weighted by atomic mass is 17.0. The summed E-state index contributed by atoms with van der Waals surface area (Å²) >= 11 is 0. The summed E-state index contributed by atoms with van der Waals surface area (Å²) in [4.78, 5) is 44.5. The van der Waals surface area contributed by atoms with Gasteiger partial charge in [-0.15, -0.1) is 0 Å². The second-order valence-electron chi connectivity index (χ2n) is 9.27. The molecular weight excluding hydrogens is 572 g/mol. The Labute approximate surface area is 259 Å². The van der Waals surface area contributed by atoms with Crippen LogP contribution in [-0.2, 0) is 0 Å². The van der Waals surface area contributed by atoms with Crippen LogP contribution in [0.25, 0.3) is 0 Å². The highest BCUT2D eigenvalue weighted by molar-refractivity contribution is 5.44. The second kappa shape index (κ2) is 14.1. The van der Waals surface area contributed by atoms with Gasteiger partial charge in [0.2, 0.25) is 0 Å². The van der Waals surface area contributed by atoms with E-state index in [0.29, 0.717) is 28.7 Å². The zero-order valence-corrected chi connectivity index (χ0v) is 24.2. The molecule has 0 atom stereocenters. The van der Waals surface area contributed by atoms with Crippen LogP contribution in [0.5, 0.6) is 28.7 Å². The van der Waals surface area contributed by atoms with E-state index in [1.165, 1.54) is 5.06 Å². The first-order chi connectivity index (χ1) is 22.2. The molecule has 0 aliphatic rings. The van der Waals surface area contributed by atoms with Gasteiger partial charge in [0, 0.05) is 17.5 Å². The van der Waals surface area contributed by atoms with E-state index in [1.807, 2.05) is 103 Å². The molecule has 0 radical (unpaired) electrons. The van der Waals surface area contributed by atoms with Crippen molar-refractivity contribution in [2.24, 2.45) is 0 Å². The lowest BCUT2D eigenvalue weighted by molar-refractivity contribution is 0.0610. The number of hydroxylamine groups is 1. The third kappa shape index (κ3) is 7.87. The molecule has 0 bridgehead atoms. The highest BCUT2D eigenvalue weighted by Crippen LogP contribution is 2.26. The van der Waals surface area contributed by atoms with Gasteiger partial charge >= 0.3 is 11.9 Å². The maximum absolute atomic E-state index is 6.13. The van der Waals surface area contributed by atoms with Crippen LogP contribution >= 0.6 is 0 Å². The number of para-hydroxylation sites is 5. The van der Waals surface area contributed by atoms with Crippen molar-refractivity contribution < 1.29 is 24.2 Å². The van der Waals surface area contributed by atoms with Crippen molar-refractivity contribution in [3.05, 3.63) is 152 Å². The number of benzene rings is 5. The molecule has 0 aliphatic heterocycles. The van der Waals surface area contributed by atoms with E-state index < -0.39 is 0 Å². The fourth-order valence-electron chi connectivity index (χ4n) is 3.84. The van der Waals surface area contributed by atoms with Crippen molar-refractivity contribution >= 4 is 17.8 Å². The standard InChI is InChI=1S/C34H28N6O5/c1-38(41-27-17-7-2-8-18-27)32-35-33(39(42-28-19-9-3-10-20-28)43-29-21-11-4-12-22-29)37-34(36-32)40(44-30-23-13-5-14-24-30)45-31-25-15-6-16-26-31/h2-26H,1H3. The number of nitrogens with zero attached hydrogens (tertiary/aromatic N) is 6. The Bertz CT molecular complexity index is 1570. The lowest BCUT2D eigenvalue weighted by Crippen LogP contribution is -2.37. The Kier molecular flexibility index (Phi) is 8.98. The quantitative estimate of drug-likeness (QED) is 0.130. The molecule has 11 heteroatoms. The molecule has 0 unspecified atom stereocenters. The third-order valence-corrected chi connectivity index (χ3v) is 5.92. The zero-order chi connectivity index (χ0) is 30.7. The van der Waals surface area contributed by atoms with Crippen LogP contribution in [0, 0.1) is 0 Å². The van der Waals surface area contributed by atoms with E-state index in [9.17, 15) is 0 Å². The van der Waals surface area contributed by atoms with Crippen molar-refractivity contribution in [1.82, 2.24) is 15.0 Å². The SMILES string of the molecule is CN(Oc1ccccc1)c1nc(N(Oc2ccccc2)Oc2ccccc2)nc(N(Oc2ccccc2)Oc2ccccc2)n1. The molecule has 0 saturated heterocycles. The Hall–Kier alpha value is -6.49. The first kappa shape index (κ1) is 28.6. The smallest absolute Gasteiger partial charge is 0.308 e. The summed E-state index contributed by atoms with van der Waals surface area (Å²) < 4.78 is 0. The van der Waals surface area contributed by atoms with Crippen LogP contribution in [0.3, 0.4) is 0 Å². The van der Waals surface area contributed by atoms with Gasteiger partial charge in [-0.2, -0.15) is 20.0 Å². The van der Waals surface area contributed by atoms with Gasteiger partial charge in [0.15, 0.2) is 28.7 Å². The Balaban J connectivity index is 1.44. The van der Waals surface area contributed by atoms with Crippen molar-refractivity contribution in [2.45, 2.75) is 0 Å². The van der Waals surface area contributed by atoms with Crippen LogP contribution in [-0.4, -0.2) is 22.0 Å². The minimum Gasteiger partial charge on any atom is -0.377 e. The predicted molar refractivity (Wildman–Crippen MR) is 169 cm³/mol. The molecule has 0 fully saturated rings. The van der Waals surface area contributed by atoms with E-state index >= 15 is 0 Å². The van der Waals surface area contributed by atoms with E-state index in [4.69, 9.17) is 24.2 Å². The van der Waals surface area contributed by atoms with Gasteiger partial charge < -0.3 is 24.2 Å². The van der Waals surface area contributed by atoms with Crippen molar-refractivity contribution in [3.63, 3.8) is 0 Å². The van der Waals surface area contributed by atoms with Crippen LogP contribution in [0.4, 0.5) is 17.8 Å². The minimum atomic E-state index is -0.0375. The Morgan fingerprint density at radius 1 is 0.333 bits per heavy atom. The van der Waals surface area contributed by atoms with Crippen LogP contribution in [0.2, 0.25) is 0 Å². The molecule has 0 amide bonds. The van der Waals surface area contributed by atoms with E-state index in [2.05, 4.69) is 15.0 Å². The third-order valence-electron chi connectivity index (χ3n) is 5.92. The number of aromatic nitrogens is 3. The maximum Gasteiger partial charge on any atom is 0.308 e. The summed E-state index contributed by atoms with van der Waals surface area (Å²) in [5.74, 6) is 2.49. The van der Waals surface area contributed by atoms with Gasteiger partial charge in [-0.25, -0.2) is 0 Å². The molecule has 0 spiro atoms. The van der Waals surface area contributed by atoms with Gasteiger partial charge in [-0.3, -0.25) is 0 Å². The van der Waals surface area contributed by atoms with Gasteiger partial charge in [-0.05, 0) is 60.7 Å². The molecule has 224 valence electrons. The first-order valence-electron chi connectivity index (χ1n) is 13.9. The molecule has 1 aromatic heterocycles. The summed E-state index contributed by atoms with van der Waals surface area (Å²) in [6.07, 6.45) is 0. The first-order valence-corrected chi connectivity index (χ1v) is 13.9. The number of hydrogen-bond donors (Lipinski definition) is 0. The minimum absolute atomic E-state index is 0.0375. The Morgan fingerprint density at radius 3 is 0.867 bits per heavy atom. The largest absolute Gasteiger partial charge is 0.377 e. The van der Waals surface area contributed by atoms with E-state index in [1.54, 1.807) is 55.6 Å². The van der Waals surface area contributed by atoms with Gasteiger partial charge in [-0.1, -0.05) is 91.0 Å². The van der Waals surface area contributed by atoms with Crippen molar-refractivity contribution in [1.29, 1.82) is 0 Å². The van der Waals surface area contributed by atoms with Crippen molar-refractivity contribution in [3.8, 4) is 28.7 Å². The van der Waals surface area contributed by atoms with Crippen LogP contribution in [0.1, 0.15) is 0 Å². The van der Waals surface area contributed by atoms with Gasteiger partial charge in [0.1, 0.15) is 0 Å². The molecular formula is C34H28N6O5. The summed E-state index contributed by atoms with van der Waals surface area (Å²) in [5, 5.41) is 3.55. The lowest BCUT2D eigenvalue weighted by Gasteiger charge is -2.26. The van der Waals surface area contributed by atoms with Crippen molar-refractivity contribution in [2.75, 3.05) is 22.6 Å². The molecule has 0 aliphatic carbocycles. The second-order valence-corrected chi connectivity index (χ2v) is 9.27. The average molecular weight is 601 g/mol. The molecule has 5 aromatic carbocycles. The molecule has 6 rings (SSSR count). The average Bonchev–Trinajstić information content (AvgIpc) is 3.10. The fourth-order valence-corrected chi connectivity index (χ4v) is 3.84. The molecule has 0 saturated carbocycles. The highest BCUT2D eigenvalue weighted by Gasteiger charge is 2.26. The van der Waals surface area contributed by atoms with Gasteiger partial charge in [0.05, 0.1) is 0 Å². The van der Waals surface area contributed by atoms with E-state index in [0.717, 1.165) is 10.5 Å². The molecule has 0 N–H and O–H groups in total. The molecule has 6 aromatic rings. The molecule has 1 heterocycles. The molecule has 45 heavy (non-hydrogen) atoms. The van der Waals surface area contributed by atoms with Crippen LogP contribution in [0.15, 0.2) is 152 Å². The summed E-state index contributed by atoms with van der Waals surface area (Å²) in [6.45, 7) is 0. The number of rotatable bonds is 13. The van der Waals surface area contributed by atoms with Gasteiger partial charge in [0.25, 0.3) is 5.95 Å². The number of hydrogen-bond acceptors (Lipinski definition) is 11. The summed E-state index contributed by atoms with van der Waals surface area (Å²) in [6, 6.07) is 45.7. The number of anilines is 3. The van der Waals surface area contributed by atoms with E-state index in [-0.39, 0.29) is 17.8 Å². The summed E-state index contributed by atoms with van der Waals surface area (Å²) in [7, 11) is 1.66. The topological polar surface area (TPSA) is 94.5 Å². The monoisotopic (exact) mass is 600 g/mol. The summed E-state index contributed by atoms with van der Waals surface area (Å²) in [5.41, 5.74) is 0. The normalized spacial score (nSPS) is 10.3. The predicted octanol–water partition coefficient (Wildman–Crippen LogP) is 6.89. The molecule has 11 nitrogen and oxygen atoms in total. The Morgan fingerprint density at radius 2 is 0.578 bits per heavy atom. The maximum atomic E-state index is 6.13. The van der Waals surface area contributed by atoms with Crippen LogP contribution < -0.4 is 39.7 Å². The lowest BCUT2D eigenvalue weighted by atomic mass is 10.3. The fraction of sp³-hybridized carbons (Fsp3) is 0.0294. The zero-order valence-electron chi connectivity index (χ0n) is 24.2.